The summed E-state index contributed by atoms with van der Waals surface area (Å²) in [6, 6.07) is 3.16. The van der Waals surface area contributed by atoms with Crippen LogP contribution in [0.4, 0.5) is 13.2 Å². The second-order valence-electron chi connectivity index (χ2n) is 3.38. The van der Waals surface area contributed by atoms with Crippen LogP contribution < -0.4 is 5.46 Å². The molecule has 7 heteroatoms. The van der Waals surface area contributed by atoms with E-state index in [0.29, 0.717) is 5.39 Å². The van der Waals surface area contributed by atoms with Crippen molar-refractivity contribution in [2.45, 2.75) is 6.18 Å². The van der Waals surface area contributed by atoms with Crippen LogP contribution in [-0.4, -0.2) is 22.2 Å². The summed E-state index contributed by atoms with van der Waals surface area (Å²) >= 11 is 0. The molecule has 2 rings (SSSR count). The van der Waals surface area contributed by atoms with Crippen LogP contribution in [0.25, 0.3) is 10.9 Å². The van der Waals surface area contributed by atoms with E-state index in [1.165, 1.54) is 12.3 Å². The van der Waals surface area contributed by atoms with Gasteiger partial charge in [0.2, 0.25) is 0 Å². The van der Waals surface area contributed by atoms with Gasteiger partial charge in [-0.15, -0.1) is 0 Å². The van der Waals surface area contributed by atoms with Crippen molar-refractivity contribution in [1.29, 1.82) is 0 Å². The largest absolute Gasteiger partial charge is 0.489 e. The van der Waals surface area contributed by atoms with Gasteiger partial charge in [-0.1, -0.05) is 0 Å². The van der Waals surface area contributed by atoms with Gasteiger partial charge >= 0.3 is 13.3 Å². The van der Waals surface area contributed by atoms with Crippen molar-refractivity contribution in [1.82, 2.24) is 4.98 Å². The topological polar surface area (TPSA) is 56.2 Å². The van der Waals surface area contributed by atoms with Gasteiger partial charge in [0.1, 0.15) is 0 Å². The number of rotatable bonds is 1. The zero-order valence-electron chi connectivity index (χ0n) is 7.92. The van der Waals surface area contributed by atoms with E-state index in [0.717, 1.165) is 12.1 Å². The first kappa shape index (κ1) is 11.0. The lowest BCUT2D eigenvalue weighted by atomic mass is 9.77. The third kappa shape index (κ3) is 1.79. The van der Waals surface area contributed by atoms with Gasteiger partial charge in [0.15, 0.2) is 0 Å². The Morgan fingerprint density at radius 1 is 1.19 bits per heavy atom. The average molecular weight is 229 g/mol. The van der Waals surface area contributed by atoms with Gasteiger partial charge in [0.05, 0.1) is 5.56 Å². The molecule has 0 aliphatic rings. The van der Waals surface area contributed by atoms with Gasteiger partial charge in [-0.25, -0.2) is 0 Å². The van der Waals surface area contributed by atoms with Crippen LogP contribution in [-0.2, 0) is 6.18 Å². The molecule has 0 aliphatic carbocycles. The molecule has 0 amide bonds. The minimum absolute atomic E-state index is 0.161. The summed E-state index contributed by atoms with van der Waals surface area (Å²) in [6.45, 7) is 0. The molecule has 3 N–H and O–H groups in total. The summed E-state index contributed by atoms with van der Waals surface area (Å²) in [6.07, 6.45) is -3.07. The summed E-state index contributed by atoms with van der Waals surface area (Å²) in [7, 11) is -1.93. The molecule has 0 unspecified atom stereocenters. The molecule has 1 aromatic carbocycles. The Hall–Kier alpha value is -1.47. The van der Waals surface area contributed by atoms with Gasteiger partial charge in [0.25, 0.3) is 0 Å². The highest BCUT2D eigenvalue weighted by Crippen LogP contribution is 2.30. The number of aromatic nitrogens is 1. The van der Waals surface area contributed by atoms with Gasteiger partial charge in [-0.3, -0.25) is 0 Å². The number of fused-ring (bicyclic) bond motifs is 1. The van der Waals surface area contributed by atoms with Gasteiger partial charge in [-0.2, -0.15) is 13.2 Å². The molecular weight excluding hydrogens is 222 g/mol. The van der Waals surface area contributed by atoms with Crippen molar-refractivity contribution in [2.24, 2.45) is 0 Å². The minimum Gasteiger partial charge on any atom is -0.423 e. The Kier molecular flexibility index (Phi) is 2.44. The molecule has 0 saturated carbocycles. The van der Waals surface area contributed by atoms with Crippen LogP contribution >= 0.6 is 0 Å². The van der Waals surface area contributed by atoms with E-state index < -0.39 is 18.9 Å². The van der Waals surface area contributed by atoms with E-state index in [9.17, 15) is 13.2 Å². The van der Waals surface area contributed by atoms with E-state index in [2.05, 4.69) is 4.98 Å². The van der Waals surface area contributed by atoms with Crippen molar-refractivity contribution in [2.75, 3.05) is 0 Å². The second kappa shape index (κ2) is 3.53. The highest BCUT2D eigenvalue weighted by molar-refractivity contribution is 6.62. The van der Waals surface area contributed by atoms with E-state index in [-0.39, 0.29) is 11.0 Å². The molecule has 0 saturated heterocycles. The fraction of sp³-hybridized carbons (Fsp3) is 0.111. The van der Waals surface area contributed by atoms with Crippen molar-refractivity contribution < 1.29 is 23.2 Å². The molecule has 16 heavy (non-hydrogen) atoms. The molecule has 0 radical (unpaired) electrons. The van der Waals surface area contributed by atoms with Crippen molar-refractivity contribution in [3.8, 4) is 0 Å². The first-order valence-corrected chi connectivity index (χ1v) is 4.44. The lowest BCUT2D eigenvalue weighted by Crippen LogP contribution is -2.31. The molecule has 0 aliphatic heterocycles. The molecule has 84 valence electrons. The Morgan fingerprint density at radius 3 is 2.44 bits per heavy atom. The van der Waals surface area contributed by atoms with Crippen LogP contribution in [0.2, 0.25) is 0 Å². The Bertz CT molecular complexity index is 521. The number of nitrogens with one attached hydrogen (secondary N) is 1. The lowest BCUT2D eigenvalue weighted by Gasteiger charge is -2.09. The molecule has 0 bridgehead atoms. The smallest absolute Gasteiger partial charge is 0.423 e. The summed E-state index contributed by atoms with van der Waals surface area (Å²) in [5.41, 5.74) is -0.852. The molecule has 1 aromatic heterocycles. The number of hydrogen-bond acceptors (Lipinski definition) is 2. The molecule has 1 heterocycles. The van der Waals surface area contributed by atoms with Crippen molar-refractivity contribution in [3.05, 3.63) is 30.0 Å². The zero-order valence-corrected chi connectivity index (χ0v) is 7.92. The van der Waals surface area contributed by atoms with E-state index in [1.807, 2.05) is 0 Å². The van der Waals surface area contributed by atoms with E-state index in [1.54, 1.807) is 0 Å². The molecule has 3 nitrogen and oxygen atoms in total. The summed E-state index contributed by atoms with van der Waals surface area (Å²) < 4.78 is 37.5. The maximum atomic E-state index is 12.5. The standard InChI is InChI=1S/C9H7BF3NO2/c11-9(12,13)5-3-7(10(15)16)6-1-2-14-8(6)4-5/h1-4,14-16H. The highest BCUT2D eigenvalue weighted by Gasteiger charge is 2.32. The summed E-state index contributed by atoms with van der Waals surface area (Å²) in [5, 5.41) is 18.4. The fourth-order valence-electron chi connectivity index (χ4n) is 1.57. The van der Waals surface area contributed by atoms with Crippen molar-refractivity contribution >= 4 is 23.5 Å². The monoisotopic (exact) mass is 229 g/mol. The first-order chi connectivity index (χ1) is 7.39. The summed E-state index contributed by atoms with van der Waals surface area (Å²) in [5.74, 6) is 0. The number of alkyl halides is 3. The van der Waals surface area contributed by atoms with Crippen LogP contribution in [0.15, 0.2) is 24.4 Å². The normalized spacial score (nSPS) is 12.1. The van der Waals surface area contributed by atoms with Gasteiger partial charge in [-0.05, 0) is 29.0 Å². The van der Waals surface area contributed by atoms with Crippen LogP contribution in [0, 0.1) is 0 Å². The van der Waals surface area contributed by atoms with Crippen LogP contribution in [0.5, 0.6) is 0 Å². The number of benzene rings is 1. The summed E-state index contributed by atoms with van der Waals surface area (Å²) in [4.78, 5) is 2.61. The second-order valence-corrected chi connectivity index (χ2v) is 3.38. The Labute approximate surface area is 88.7 Å². The number of hydrogen-bond donors (Lipinski definition) is 3. The maximum Gasteiger partial charge on any atom is 0.489 e. The zero-order chi connectivity index (χ0) is 11.9. The van der Waals surface area contributed by atoms with Gasteiger partial charge < -0.3 is 15.0 Å². The highest BCUT2D eigenvalue weighted by atomic mass is 19.4. The van der Waals surface area contributed by atoms with Gasteiger partial charge in [0, 0.05) is 11.7 Å². The Balaban J connectivity index is 2.71. The average Bonchev–Trinajstić information content (AvgIpc) is 2.61. The SMILES string of the molecule is OB(O)c1cc(C(F)(F)F)cc2[nH]ccc12. The number of H-pyrrole nitrogens is 1. The van der Waals surface area contributed by atoms with Crippen molar-refractivity contribution in [3.63, 3.8) is 0 Å². The third-order valence-corrected chi connectivity index (χ3v) is 2.31. The molecule has 0 spiro atoms. The molecule has 2 aromatic rings. The predicted molar refractivity (Wildman–Crippen MR) is 53.1 cm³/mol. The molecule has 0 fully saturated rings. The minimum atomic E-state index is -4.51. The lowest BCUT2D eigenvalue weighted by molar-refractivity contribution is -0.137. The fourth-order valence-corrected chi connectivity index (χ4v) is 1.57. The molecular formula is C9H7BF3NO2. The quantitative estimate of drug-likeness (QED) is 0.635. The number of halogens is 3. The third-order valence-electron chi connectivity index (χ3n) is 2.31. The molecule has 0 atom stereocenters. The predicted octanol–water partition coefficient (Wildman–Crippen LogP) is 0.867. The van der Waals surface area contributed by atoms with Crippen LogP contribution in [0.3, 0.4) is 0 Å². The van der Waals surface area contributed by atoms with E-state index in [4.69, 9.17) is 10.0 Å². The first-order valence-electron chi connectivity index (χ1n) is 4.44. The van der Waals surface area contributed by atoms with Crippen LogP contribution in [0.1, 0.15) is 5.56 Å². The number of aromatic amines is 1. The van der Waals surface area contributed by atoms with E-state index >= 15 is 0 Å². The Morgan fingerprint density at radius 2 is 1.88 bits per heavy atom. The maximum absolute atomic E-state index is 12.5.